The second kappa shape index (κ2) is 7.67. The molecule has 2 atom stereocenters. The monoisotopic (exact) mass is 242 g/mol. The normalized spacial score (nSPS) is 23.2. The number of likely N-dealkylation sites (tertiary alicyclic amines) is 1. The van der Waals surface area contributed by atoms with Gasteiger partial charge in [0.15, 0.2) is 0 Å². The molecule has 0 saturated carbocycles. The van der Waals surface area contributed by atoms with Crippen LogP contribution in [0.3, 0.4) is 0 Å². The lowest BCUT2D eigenvalue weighted by molar-refractivity contribution is -0.138. The van der Waals surface area contributed by atoms with Crippen LogP contribution in [0.2, 0.25) is 0 Å². The third kappa shape index (κ3) is 4.28. The Balaban J connectivity index is 2.56. The second-order valence-corrected chi connectivity index (χ2v) is 5.05. The van der Waals surface area contributed by atoms with Crippen molar-refractivity contribution in [2.24, 2.45) is 11.7 Å². The van der Waals surface area contributed by atoms with Gasteiger partial charge in [-0.1, -0.05) is 19.8 Å². The zero-order chi connectivity index (χ0) is 12.7. The van der Waals surface area contributed by atoms with Gasteiger partial charge in [0, 0.05) is 12.5 Å². The topological polar surface area (TPSA) is 66.6 Å². The minimum Gasteiger partial charge on any atom is -0.394 e. The highest BCUT2D eigenvalue weighted by atomic mass is 16.3. The van der Waals surface area contributed by atoms with E-state index in [1.807, 2.05) is 11.8 Å². The predicted molar refractivity (Wildman–Crippen MR) is 68.5 cm³/mol. The molecule has 0 aromatic carbocycles. The van der Waals surface area contributed by atoms with Gasteiger partial charge in [0.1, 0.15) is 0 Å². The van der Waals surface area contributed by atoms with Crippen molar-refractivity contribution in [1.82, 2.24) is 4.90 Å². The summed E-state index contributed by atoms with van der Waals surface area (Å²) in [5.41, 5.74) is 5.47. The van der Waals surface area contributed by atoms with Crippen molar-refractivity contribution in [3.63, 3.8) is 0 Å². The van der Waals surface area contributed by atoms with Crippen LogP contribution < -0.4 is 5.73 Å². The molecule has 0 spiro atoms. The summed E-state index contributed by atoms with van der Waals surface area (Å²) in [5, 5.41) is 9.38. The highest BCUT2D eigenvalue weighted by molar-refractivity contribution is 5.78. The Morgan fingerprint density at radius 3 is 2.88 bits per heavy atom. The van der Waals surface area contributed by atoms with Gasteiger partial charge in [-0.3, -0.25) is 4.79 Å². The molecule has 0 aromatic rings. The summed E-state index contributed by atoms with van der Waals surface area (Å²) in [7, 11) is 0. The lowest BCUT2D eigenvalue weighted by Crippen LogP contribution is -2.44. The van der Waals surface area contributed by atoms with Gasteiger partial charge in [0.25, 0.3) is 0 Å². The quantitative estimate of drug-likeness (QED) is 0.759. The maximum atomic E-state index is 12.3. The minimum atomic E-state index is 0.0327. The highest BCUT2D eigenvalue weighted by Crippen LogP contribution is 2.20. The highest BCUT2D eigenvalue weighted by Gasteiger charge is 2.27. The number of hydrogen-bond donors (Lipinski definition) is 2. The summed E-state index contributed by atoms with van der Waals surface area (Å²) < 4.78 is 0. The summed E-state index contributed by atoms with van der Waals surface area (Å²) in [6.07, 6.45) is 6.02. The molecule has 3 N–H and O–H groups in total. The molecular formula is C13H26N2O2. The number of hydrogen-bond acceptors (Lipinski definition) is 3. The lowest BCUT2D eigenvalue weighted by Gasteiger charge is -2.31. The number of rotatable bonds is 5. The average molecular weight is 242 g/mol. The summed E-state index contributed by atoms with van der Waals surface area (Å²) in [5.74, 6) is 0.227. The SMILES string of the molecule is CC(CCCN)C(=O)N1CCCCCC1CO. The minimum absolute atomic E-state index is 0.0327. The van der Waals surface area contributed by atoms with E-state index in [9.17, 15) is 9.90 Å². The van der Waals surface area contributed by atoms with E-state index in [2.05, 4.69) is 0 Å². The molecule has 1 aliphatic rings. The summed E-state index contributed by atoms with van der Waals surface area (Å²) >= 11 is 0. The molecular weight excluding hydrogens is 216 g/mol. The predicted octanol–water partition coefficient (Wildman–Crippen LogP) is 1.12. The first-order valence-electron chi connectivity index (χ1n) is 6.82. The molecule has 0 aliphatic carbocycles. The Morgan fingerprint density at radius 2 is 2.24 bits per heavy atom. The van der Waals surface area contributed by atoms with Crippen molar-refractivity contribution in [2.45, 2.75) is 51.5 Å². The largest absolute Gasteiger partial charge is 0.394 e. The number of carbonyl (C=O) groups excluding carboxylic acids is 1. The van der Waals surface area contributed by atoms with Crippen LogP contribution in [0.25, 0.3) is 0 Å². The van der Waals surface area contributed by atoms with E-state index < -0.39 is 0 Å². The number of amides is 1. The van der Waals surface area contributed by atoms with Crippen LogP contribution in [0.15, 0.2) is 0 Å². The van der Waals surface area contributed by atoms with Crippen molar-refractivity contribution in [1.29, 1.82) is 0 Å². The van der Waals surface area contributed by atoms with Gasteiger partial charge < -0.3 is 15.7 Å². The van der Waals surface area contributed by atoms with Gasteiger partial charge in [0.2, 0.25) is 5.91 Å². The van der Waals surface area contributed by atoms with Gasteiger partial charge in [0.05, 0.1) is 12.6 Å². The molecule has 4 nitrogen and oxygen atoms in total. The van der Waals surface area contributed by atoms with E-state index >= 15 is 0 Å². The van der Waals surface area contributed by atoms with Crippen molar-refractivity contribution in [2.75, 3.05) is 19.7 Å². The number of aliphatic hydroxyl groups excluding tert-OH is 1. The van der Waals surface area contributed by atoms with Gasteiger partial charge in [-0.05, 0) is 32.2 Å². The van der Waals surface area contributed by atoms with Crippen molar-refractivity contribution in [3.05, 3.63) is 0 Å². The van der Waals surface area contributed by atoms with E-state index in [-0.39, 0.29) is 24.5 Å². The molecule has 0 bridgehead atoms. The third-order valence-corrected chi connectivity index (χ3v) is 3.63. The van der Waals surface area contributed by atoms with Gasteiger partial charge in [-0.25, -0.2) is 0 Å². The molecule has 0 aromatic heterocycles. The maximum absolute atomic E-state index is 12.3. The molecule has 1 rings (SSSR count). The lowest BCUT2D eigenvalue weighted by atomic mass is 10.0. The van der Waals surface area contributed by atoms with Crippen molar-refractivity contribution < 1.29 is 9.90 Å². The first kappa shape index (κ1) is 14.5. The Labute approximate surface area is 104 Å². The molecule has 100 valence electrons. The Hall–Kier alpha value is -0.610. The first-order chi connectivity index (χ1) is 8.20. The van der Waals surface area contributed by atoms with Crippen LogP contribution in [0.4, 0.5) is 0 Å². The van der Waals surface area contributed by atoms with Gasteiger partial charge in [-0.15, -0.1) is 0 Å². The van der Waals surface area contributed by atoms with Crippen molar-refractivity contribution >= 4 is 5.91 Å². The van der Waals surface area contributed by atoms with Crippen LogP contribution >= 0.6 is 0 Å². The standard InChI is InChI=1S/C13H26N2O2/c1-11(6-5-8-14)13(17)15-9-4-2-3-7-12(15)10-16/h11-12,16H,2-10,14H2,1H3. The fourth-order valence-corrected chi connectivity index (χ4v) is 2.49. The van der Waals surface area contributed by atoms with Crippen LogP contribution in [-0.4, -0.2) is 41.7 Å². The van der Waals surface area contributed by atoms with E-state index in [0.717, 1.165) is 45.1 Å². The van der Waals surface area contributed by atoms with E-state index in [1.54, 1.807) is 0 Å². The third-order valence-electron chi connectivity index (χ3n) is 3.63. The molecule has 2 unspecified atom stereocenters. The zero-order valence-electron chi connectivity index (χ0n) is 10.9. The number of carbonyl (C=O) groups is 1. The molecule has 1 fully saturated rings. The second-order valence-electron chi connectivity index (χ2n) is 5.05. The van der Waals surface area contributed by atoms with Crippen molar-refractivity contribution in [3.8, 4) is 0 Å². The fourth-order valence-electron chi connectivity index (χ4n) is 2.49. The summed E-state index contributed by atoms with van der Waals surface area (Å²) in [4.78, 5) is 14.2. The maximum Gasteiger partial charge on any atom is 0.225 e. The fraction of sp³-hybridized carbons (Fsp3) is 0.923. The molecule has 1 amide bonds. The molecule has 1 aliphatic heterocycles. The summed E-state index contributed by atoms with van der Waals surface area (Å²) in [6, 6.07) is 0.0327. The van der Waals surface area contributed by atoms with E-state index in [0.29, 0.717) is 6.54 Å². The Bertz CT molecular complexity index is 233. The summed E-state index contributed by atoms with van der Waals surface area (Å²) in [6.45, 7) is 3.50. The molecule has 1 heterocycles. The number of nitrogens with two attached hydrogens (primary N) is 1. The molecule has 17 heavy (non-hydrogen) atoms. The smallest absolute Gasteiger partial charge is 0.225 e. The van der Waals surface area contributed by atoms with Gasteiger partial charge in [-0.2, -0.15) is 0 Å². The first-order valence-corrected chi connectivity index (χ1v) is 6.82. The Kier molecular flexibility index (Phi) is 6.52. The van der Waals surface area contributed by atoms with Crippen LogP contribution in [0.1, 0.15) is 45.4 Å². The molecule has 1 saturated heterocycles. The average Bonchev–Trinajstić information content (AvgIpc) is 2.59. The number of aliphatic hydroxyl groups is 1. The van der Waals surface area contributed by atoms with Crippen LogP contribution in [0.5, 0.6) is 0 Å². The molecule has 4 heteroatoms. The van der Waals surface area contributed by atoms with Crippen LogP contribution in [-0.2, 0) is 4.79 Å². The Morgan fingerprint density at radius 1 is 1.47 bits per heavy atom. The van der Waals surface area contributed by atoms with Gasteiger partial charge >= 0.3 is 0 Å². The van der Waals surface area contributed by atoms with E-state index in [4.69, 9.17) is 5.73 Å². The van der Waals surface area contributed by atoms with Crippen LogP contribution in [0, 0.1) is 5.92 Å². The zero-order valence-corrected chi connectivity index (χ0v) is 10.9. The molecule has 0 radical (unpaired) electrons. The van der Waals surface area contributed by atoms with E-state index in [1.165, 1.54) is 0 Å². The number of nitrogens with zero attached hydrogens (tertiary/aromatic N) is 1.